The van der Waals surface area contributed by atoms with E-state index in [0.717, 1.165) is 72.2 Å². The van der Waals surface area contributed by atoms with Gasteiger partial charge in [-0.3, -0.25) is 0 Å². The van der Waals surface area contributed by atoms with Gasteiger partial charge in [-0.05, 0) is 51.3 Å². The number of aryl methyl sites for hydroxylation is 1. The fraction of sp³-hybridized carbons (Fsp3) is 0.538. The summed E-state index contributed by atoms with van der Waals surface area (Å²) in [6.45, 7) is 12.5. The Morgan fingerprint density at radius 3 is 2.72 bits per heavy atom. The average Bonchev–Trinajstić information content (AvgIpc) is 3.43. The van der Waals surface area contributed by atoms with Crippen molar-refractivity contribution in [1.29, 1.82) is 0 Å². The fourth-order valence-corrected chi connectivity index (χ4v) is 5.36. The highest BCUT2D eigenvalue weighted by atomic mass is 16.5. The van der Waals surface area contributed by atoms with Gasteiger partial charge in [0.2, 0.25) is 5.95 Å². The third-order valence-corrected chi connectivity index (χ3v) is 7.17. The summed E-state index contributed by atoms with van der Waals surface area (Å²) in [4.78, 5) is 17.0. The van der Waals surface area contributed by atoms with E-state index in [4.69, 9.17) is 19.8 Å². The van der Waals surface area contributed by atoms with Gasteiger partial charge in [-0.25, -0.2) is 14.5 Å². The molecule has 10 heteroatoms. The van der Waals surface area contributed by atoms with E-state index < -0.39 is 0 Å². The van der Waals surface area contributed by atoms with Crippen molar-refractivity contribution in [2.75, 3.05) is 51.0 Å². The number of methoxy groups -OCH3 is 1. The van der Waals surface area contributed by atoms with Gasteiger partial charge in [0, 0.05) is 57.6 Å². The van der Waals surface area contributed by atoms with Gasteiger partial charge in [0.15, 0.2) is 11.5 Å². The zero-order valence-corrected chi connectivity index (χ0v) is 22.1. The molecule has 0 aromatic carbocycles. The Kier molecular flexibility index (Phi) is 6.81. The highest BCUT2D eigenvalue weighted by Gasteiger charge is 2.27. The Morgan fingerprint density at radius 1 is 1.17 bits per heavy atom. The second kappa shape index (κ2) is 10.0. The predicted octanol–water partition coefficient (Wildman–Crippen LogP) is 3.84. The molecular formula is C26H37N9O. The molecule has 192 valence electrons. The highest BCUT2D eigenvalue weighted by molar-refractivity contribution is 5.89. The molecule has 4 aromatic heterocycles. The number of imidazole rings is 1. The maximum atomic E-state index is 5.25. The number of nitrogens with zero attached hydrogens (tertiary/aromatic N) is 7. The summed E-state index contributed by atoms with van der Waals surface area (Å²) in [5.41, 5.74) is 4.58. The molecule has 36 heavy (non-hydrogen) atoms. The van der Waals surface area contributed by atoms with Gasteiger partial charge in [0.05, 0.1) is 12.3 Å². The Morgan fingerprint density at radius 2 is 2.00 bits per heavy atom. The third-order valence-electron chi connectivity index (χ3n) is 7.17. The molecule has 0 spiro atoms. The number of hydrogen-bond acceptors (Lipinski definition) is 8. The Bertz CT molecular complexity index is 1360. The van der Waals surface area contributed by atoms with Crippen molar-refractivity contribution in [1.82, 2.24) is 34.0 Å². The van der Waals surface area contributed by atoms with Crippen LogP contribution in [0.25, 0.3) is 27.9 Å². The van der Waals surface area contributed by atoms with Gasteiger partial charge in [-0.2, -0.15) is 4.98 Å². The molecule has 4 aromatic rings. The van der Waals surface area contributed by atoms with Crippen molar-refractivity contribution in [3.8, 4) is 11.3 Å². The largest absolute Gasteiger partial charge is 0.383 e. The van der Waals surface area contributed by atoms with E-state index in [1.54, 1.807) is 7.11 Å². The van der Waals surface area contributed by atoms with Gasteiger partial charge >= 0.3 is 0 Å². The van der Waals surface area contributed by atoms with E-state index in [2.05, 4.69) is 51.9 Å². The summed E-state index contributed by atoms with van der Waals surface area (Å²) in [5.74, 6) is 2.86. The lowest BCUT2D eigenvalue weighted by atomic mass is 9.94. The van der Waals surface area contributed by atoms with Crippen LogP contribution in [0.15, 0.2) is 24.4 Å². The quantitative estimate of drug-likeness (QED) is 0.384. The maximum Gasteiger partial charge on any atom is 0.243 e. The first-order valence-corrected chi connectivity index (χ1v) is 12.8. The van der Waals surface area contributed by atoms with Gasteiger partial charge in [0.25, 0.3) is 0 Å². The Balaban J connectivity index is 1.44. The topological polar surface area (TPSA) is 97.4 Å². The molecule has 1 fully saturated rings. The summed E-state index contributed by atoms with van der Waals surface area (Å²) in [6, 6.07) is 6.73. The average molecular weight is 492 g/mol. The molecule has 0 unspecified atom stereocenters. The Hall–Kier alpha value is -3.24. The number of ether oxygens (including phenoxy) is 1. The maximum absolute atomic E-state index is 5.25. The van der Waals surface area contributed by atoms with Crippen LogP contribution >= 0.6 is 0 Å². The van der Waals surface area contributed by atoms with Crippen LogP contribution in [0, 0.1) is 12.8 Å². The van der Waals surface area contributed by atoms with Crippen molar-refractivity contribution in [2.45, 2.75) is 46.2 Å². The highest BCUT2D eigenvalue weighted by Crippen LogP contribution is 2.31. The lowest BCUT2D eigenvalue weighted by molar-refractivity contribution is 0.113. The number of rotatable bonds is 8. The van der Waals surface area contributed by atoms with Crippen molar-refractivity contribution < 1.29 is 4.74 Å². The summed E-state index contributed by atoms with van der Waals surface area (Å²) < 4.78 is 9.32. The smallest absolute Gasteiger partial charge is 0.243 e. The minimum Gasteiger partial charge on any atom is -0.383 e. The second-order valence-corrected chi connectivity index (χ2v) is 10.0. The molecule has 0 saturated carbocycles. The first-order chi connectivity index (χ1) is 17.4. The van der Waals surface area contributed by atoms with Crippen LogP contribution in [0.1, 0.15) is 39.1 Å². The van der Waals surface area contributed by atoms with Crippen LogP contribution in [0.4, 0.5) is 11.8 Å². The monoisotopic (exact) mass is 491 g/mol. The minimum absolute atomic E-state index is 0.280. The molecule has 1 aliphatic rings. The second-order valence-electron chi connectivity index (χ2n) is 10.0. The van der Waals surface area contributed by atoms with Crippen molar-refractivity contribution in [3.05, 3.63) is 30.2 Å². The van der Waals surface area contributed by atoms with E-state index in [1.165, 1.54) is 0 Å². The van der Waals surface area contributed by atoms with Crippen molar-refractivity contribution in [2.24, 2.45) is 5.92 Å². The molecule has 2 atom stereocenters. The molecule has 0 bridgehead atoms. The van der Waals surface area contributed by atoms with Gasteiger partial charge in [-0.1, -0.05) is 6.92 Å². The van der Waals surface area contributed by atoms with Crippen molar-refractivity contribution in [3.63, 3.8) is 0 Å². The normalized spacial score (nSPS) is 19.0. The SMILES string of the molecule is CNc1nc(N[C@H]2CCN(CCOC)C[C@H]2C)nn2ccc(-c3ccc4nc(C)n(C(C)C)c4n3)c12. The number of likely N-dealkylation sites (tertiary alicyclic amines) is 1. The zero-order valence-electron chi connectivity index (χ0n) is 22.1. The lowest BCUT2D eigenvalue weighted by Gasteiger charge is -2.37. The van der Waals surface area contributed by atoms with Crippen molar-refractivity contribution >= 4 is 28.4 Å². The molecule has 0 amide bonds. The van der Waals surface area contributed by atoms with Gasteiger partial charge in [-0.15, -0.1) is 5.10 Å². The van der Waals surface area contributed by atoms with E-state index in [0.29, 0.717) is 17.9 Å². The minimum atomic E-state index is 0.280. The number of piperidine rings is 1. The number of aromatic nitrogens is 6. The molecule has 5 rings (SSSR count). The summed E-state index contributed by atoms with van der Waals surface area (Å²) in [5, 5.41) is 11.7. The fourth-order valence-electron chi connectivity index (χ4n) is 5.36. The first-order valence-electron chi connectivity index (χ1n) is 12.8. The number of fused-ring (bicyclic) bond motifs is 2. The zero-order chi connectivity index (χ0) is 25.4. The Labute approximate surface area is 212 Å². The number of anilines is 2. The summed E-state index contributed by atoms with van der Waals surface area (Å²) >= 11 is 0. The van der Waals surface area contributed by atoms with Crippen LogP contribution < -0.4 is 10.6 Å². The predicted molar refractivity (Wildman–Crippen MR) is 144 cm³/mol. The van der Waals surface area contributed by atoms with Crippen LogP contribution in [0.2, 0.25) is 0 Å². The van der Waals surface area contributed by atoms with Crippen LogP contribution in [-0.2, 0) is 4.74 Å². The number of nitrogens with one attached hydrogen (secondary N) is 2. The molecule has 2 N–H and O–H groups in total. The standard InChI is InChI=1S/C26H37N9O/c1-16(2)35-18(4)28-22-8-7-21(29-25(22)35)19-9-12-34-23(19)24(27-5)31-26(32-34)30-20-10-11-33(13-14-36-6)15-17(20)3/h7-9,12,16-17,20H,10-11,13-15H2,1-6H3,(H2,27,30,31,32)/t17-,20+/m1/s1. The summed E-state index contributed by atoms with van der Waals surface area (Å²) in [7, 11) is 3.65. The van der Waals surface area contributed by atoms with Gasteiger partial charge in [0.1, 0.15) is 16.9 Å². The molecule has 1 saturated heterocycles. The lowest BCUT2D eigenvalue weighted by Crippen LogP contribution is -2.46. The number of hydrogen-bond donors (Lipinski definition) is 2. The number of pyridine rings is 1. The van der Waals surface area contributed by atoms with Crippen LogP contribution in [0.3, 0.4) is 0 Å². The van der Waals surface area contributed by atoms with E-state index in [9.17, 15) is 0 Å². The molecule has 10 nitrogen and oxygen atoms in total. The van der Waals surface area contributed by atoms with E-state index >= 15 is 0 Å². The summed E-state index contributed by atoms with van der Waals surface area (Å²) in [6.07, 6.45) is 3.02. The molecular weight excluding hydrogens is 454 g/mol. The van der Waals surface area contributed by atoms with E-state index in [-0.39, 0.29) is 6.04 Å². The van der Waals surface area contributed by atoms with Crippen LogP contribution in [-0.4, -0.2) is 80.5 Å². The van der Waals surface area contributed by atoms with Gasteiger partial charge < -0.3 is 24.8 Å². The van der Waals surface area contributed by atoms with E-state index in [1.807, 2.05) is 36.8 Å². The van der Waals surface area contributed by atoms with Crippen LogP contribution in [0.5, 0.6) is 0 Å². The molecule has 0 radical (unpaired) electrons. The third kappa shape index (κ3) is 4.51. The molecule has 1 aliphatic heterocycles. The first kappa shape index (κ1) is 24.5. The molecule has 5 heterocycles. The molecule has 0 aliphatic carbocycles.